The van der Waals surface area contributed by atoms with Crippen LogP contribution in [-0.2, 0) is 21.4 Å². The molecule has 1 aliphatic carbocycles. The number of hydrogen-bond donors (Lipinski definition) is 1. The monoisotopic (exact) mass is 394 g/mol. The number of imide groups is 1. The van der Waals surface area contributed by atoms with Crippen LogP contribution in [0.2, 0.25) is 0 Å². The molecule has 1 aromatic carbocycles. The molecule has 0 spiro atoms. The molecule has 7 nitrogen and oxygen atoms in total. The molecule has 0 unspecified atom stereocenters. The van der Waals surface area contributed by atoms with E-state index in [1.54, 1.807) is 6.20 Å². The highest BCUT2D eigenvalue weighted by Gasteiger charge is 2.47. The van der Waals surface area contributed by atoms with Gasteiger partial charge in [0.05, 0.1) is 11.8 Å². The molecular weight excluding hydrogens is 368 g/mol. The first-order valence-electron chi connectivity index (χ1n) is 10.2. The maximum Gasteiger partial charge on any atom is 0.233 e. The number of rotatable bonds is 6. The Kier molecular flexibility index (Phi) is 5.47. The van der Waals surface area contributed by atoms with E-state index in [1.807, 2.05) is 48.1 Å². The predicted molar refractivity (Wildman–Crippen MR) is 106 cm³/mol. The number of aromatic nitrogens is 2. The van der Waals surface area contributed by atoms with Crippen molar-refractivity contribution in [1.29, 1.82) is 0 Å². The first kappa shape index (κ1) is 19.4. The van der Waals surface area contributed by atoms with Gasteiger partial charge in [-0.25, -0.2) is 4.98 Å². The van der Waals surface area contributed by atoms with Crippen LogP contribution in [0.1, 0.15) is 49.5 Å². The van der Waals surface area contributed by atoms with Crippen LogP contribution in [-0.4, -0.2) is 38.7 Å². The molecule has 0 radical (unpaired) electrons. The Labute approximate surface area is 170 Å². The van der Waals surface area contributed by atoms with Gasteiger partial charge in [-0.3, -0.25) is 19.3 Å². The Balaban J connectivity index is 1.43. The van der Waals surface area contributed by atoms with E-state index in [0.717, 1.165) is 37.1 Å². The molecule has 29 heavy (non-hydrogen) atoms. The van der Waals surface area contributed by atoms with Gasteiger partial charge in [-0.1, -0.05) is 43.2 Å². The van der Waals surface area contributed by atoms with Crippen LogP contribution in [0, 0.1) is 11.8 Å². The van der Waals surface area contributed by atoms with Crippen LogP contribution in [0.15, 0.2) is 42.7 Å². The Morgan fingerprint density at radius 2 is 1.79 bits per heavy atom. The second kappa shape index (κ2) is 8.19. The summed E-state index contributed by atoms with van der Waals surface area (Å²) in [6, 6.07) is 9.25. The van der Waals surface area contributed by atoms with E-state index in [2.05, 4.69) is 10.3 Å². The number of likely N-dealkylation sites (tertiary alicyclic amines) is 1. The van der Waals surface area contributed by atoms with Gasteiger partial charge < -0.3 is 9.88 Å². The van der Waals surface area contributed by atoms with Gasteiger partial charge in [-0.2, -0.15) is 0 Å². The van der Waals surface area contributed by atoms with Gasteiger partial charge in [0.2, 0.25) is 17.7 Å². The number of nitrogens with zero attached hydrogens (tertiary/aromatic N) is 3. The number of carbonyl (C=O) groups is 3. The van der Waals surface area contributed by atoms with E-state index in [4.69, 9.17) is 0 Å². The Bertz CT molecular complexity index is 884. The summed E-state index contributed by atoms with van der Waals surface area (Å²) in [5.41, 5.74) is 0.925. The Hall–Kier alpha value is -2.96. The maximum atomic E-state index is 12.7. The lowest BCUT2D eigenvalue weighted by atomic mass is 9.81. The van der Waals surface area contributed by atoms with E-state index >= 15 is 0 Å². The minimum atomic E-state index is -0.392. The van der Waals surface area contributed by atoms with E-state index in [0.29, 0.717) is 0 Å². The highest BCUT2D eigenvalue weighted by atomic mass is 16.2. The van der Waals surface area contributed by atoms with Crippen LogP contribution in [0.25, 0.3) is 0 Å². The molecule has 1 aliphatic heterocycles. The first-order chi connectivity index (χ1) is 14.1. The third-order valence-corrected chi connectivity index (χ3v) is 6.05. The first-order valence-corrected chi connectivity index (χ1v) is 10.2. The molecule has 1 saturated heterocycles. The van der Waals surface area contributed by atoms with Crippen molar-refractivity contribution < 1.29 is 14.4 Å². The van der Waals surface area contributed by atoms with Crippen LogP contribution >= 0.6 is 0 Å². The average molecular weight is 394 g/mol. The fourth-order valence-electron chi connectivity index (χ4n) is 4.50. The number of benzene rings is 1. The fraction of sp³-hybridized carbons (Fsp3) is 0.455. The highest BCUT2D eigenvalue weighted by molar-refractivity contribution is 6.05. The molecule has 1 aromatic heterocycles. The molecule has 1 saturated carbocycles. The molecule has 3 amide bonds. The molecular formula is C22H26N4O3. The number of carbonyl (C=O) groups excluding carboxylic acids is 3. The summed E-state index contributed by atoms with van der Waals surface area (Å²) in [5.74, 6) is -0.0402. The number of amides is 3. The van der Waals surface area contributed by atoms with Gasteiger partial charge in [-0.15, -0.1) is 0 Å². The summed E-state index contributed by atoms with van der Waals surface area (Å²) < 4.78 is 1.87. The van der Waals surface area contributed by atoms with Crippen LogP contribution in [0.3, 0.4) is 0 Å². The van der Waals surface area contributed by atoms with Crippen molar-refractivity contribution in [2.45, 2.75) is 38.1 Å². The summed E-state index contributed by atoms with van der Waals surface area (Å²) in [6.45, 7) is 0.137. The lowest BCUT2D eigenvalue weighted by Crippen LogP contribution is -2.37. The molecule has 2 fully saturated rings. The minimum absolute atomic E-state index is 0.0880. The summed E-state index contributed by atoms with van der Waals surface area (Å²) in [5, 5.41) is 3.02. The molecule has 1 N–H and O–H groups in total. The number of fused-ring (bicyclic) bond motifs is 1. The van der Waals surface area contributed by atoms with Crippen molar-refractivity contribution in [3.05, 3.63) is 54.1 Å². The van der Waals surface area contributed by atoms with Crippen molar-refractivity contribution in [2.24, 2.45) is 18.9 Å². The molecule has 7 heteroatoms. The summed E-state index contributed by atoms with van der Waals surface area (Å²) in [4.78, 5) is 43.6. The maximum absolute atomic E-state index is 12.7. The van der Waals surface area contributed by atoms with Gasteiger partial charge in [0.1, 0.15) is 11.9 Å². The van der Waals surface area contributed by atoms with E-state index in [1.165, 1.54) is 4.90 Å². The third kappa shape index (κ3) is 3.81. The molecule has 0 bridgehead atoms. The molecule has 152 valence electrons. The lowest BCUT2D eigenvalue weighted by Gasteiger charge is -2.20. The van der Waals surface area contributed by atoms with Crippen LogP contribution in [0.4, 0.5) is 0 Å². The summed E-state index contributed by atoms with van der Waals surface area (Å²) >= 11 is 0. The minimum Gasteiger partial charge on any atom is -0.342 e. The zero-order chi connectivity index (χ0) is 20.4. The van der Waals surface area contributed by atoms with Crippen molar-refractivity contribution >= 4 is 17.7 Å². The average Bonchev–Trinajstić information content (AvgIpc) is 3.27. The van der Waals surface area contributed by atoms with E-state index in [-0.39, 0.29) is 42.5 Å². The third-order valence-electron chi connectivity index (χ3n) is 6.05. The highest BCUT2D eigenvalue weighted by Crippen LogP contribution is 2.38. The quantitative estimate of drug-likeness (QED) is 0.761. The van der Waals surface area contributed by atoms with Gasteiger partial charge in [-0.05, 0) is 18.4 Å². The number of imidazole rings is 1. The van der Waals surface area contributed by atoms with Crippen molar-refractivity contribution in [1.82, 2.24) is 19.8 Å². The second-order valence-corrected chi connectivity index (χ2v) is 7.88. The SMILES string of the molecule is Cn1ccnc1[C@H](NC(=O)CCN1C(=O)[C@@H]2CCCC[C@H]2C1=O)c1ccccc1. The standard InChI is InChI=1S/C22H26N4O3/c1-25-14-12-23-20(25)19(15-7-3-2-4-8-15)24-18(27)11-13-26-21(28)16-9-5-6-10-17(16)22(26)29/h2-4,7-8,12,14,16-17,19H,5-6,9-11,13H2,1H3,(H,24,27)/t16-,17-,19-/m1/s1. The molecule has 2 aromatic rings. The van der Waals surface area contributed by atoms with E-state index < -0.39 is 6.04 Å². The van der Waals surface area contributed by atoms with Gasteiger partial charge in [0.15, 0.2) is 0 Å². The van der Waals surface area contributed by atoms with Gasteiger partial charge in [0.25, 0.3) is 0 Å². The molecule has 3 atom stereocenters. The normalized spacial score (nSPS) is 22.4. The molecule has 4 rings (SSSR count). The predicted octanol–water partition coefficient (Wildman–Crippen LogP) is 2.19. The van der Waals surface area contributed by atoms with Crippen LogP contribution in [0.5, 0.6) is 0 Å². The zero-order valence-corrected chi connectivity index (χ0v) is 16.6. The van der Waals surface area contributed by atoms with Crippen molar-refractivity contribution in [3.8, 4) is 0 Å². The topological polar surface area (TPSA) is 84.3 Å². The van der Waals surface area contributed by atoms with Gasteiger partial charge in [0, 0.05) is 32.4 Å². The van der Waals surface area contributed by atoms with E-state index in [9.17, 15) is 14.4 Å². The Morgan fingerprint density at radius 3 is 2.38 bits per heavy atom. The number of nitrogens with one attached hydrogen (secondary N) is 1. The smallest absolute Gasteiger partial charge is 0.233 e. The van der Waals surface area contributed by atoms with Crippen LogP contribution < -0.4 is 5.32 Å². The molecule has 2 heterocycles. The second-order valence-electron chi connectivity index (χ2n) is 7.88. The zero-order valence-electron chi connectivity index (χ0n) is 16.6. The lowest BCUT2D eigenvalue weighted by molar-refractivity contribution is -0.140. The number of hydrogen-bond acceptors (Lipinski definition) is 4. The Morgan fingerprint density at radius 1 is 1.14 bits per heavy atom. The molecule has 2 aliphatic rings. The van der Waals surface area contributed by atoms with Crippen molar-refractivity contribution in [2.75, 3.05) is 6.54 Å². The fourth-order valence-corrected chi connectivity index (χ4v) is 4.50. The summed E-state index contributed by atoms with van der Waals surface area (Å²) in [7, 11) is 1.88. The largest absolute Gasteiger partial charge is 0.342 e. The van der Waals surface area contributed by atoms with Gasteiger partial charge >= 0.3 is 0 Å². The number of aryl methyl sites for hydroxylation is 1. The summed E-state index contributed by atoms with van der Waals surface area (Å²) in [6.07, 6.45) is 7.18. The van der Waals surface area contributed by atoms with Crippen molar-refractivity contribution in [3.63, 3.8) is 0 Å².